The SMILES string of the molecule is CCC(C)C(NC(=O)OC(C)(C)C)C(=O)N(C(C(=O)NC(C)(C)C)c1cccc(C)c1)C(C)(C)C. The summed E-state index contributed by atoms with van der Waals surface area (Å²) >= 11 is 0. The molecule has 1 aromatic rings. The van der Waals surface area contributed by atoms with Gasteiger partial charge < -0.3 is 20.3 Å². The predicted octanol–water partition coefficient (Wildman–Crippen LogP) is 5.52. The molecule has 0 saturated heterocycles. The third-order valence-electron chi connectivity index (χ3n) is 5.47. The van der Waals surface area contributed by atoms with Crippen molar-refractivity contribution in [3.63, 3.8) is 0 Å². The summed E-state index contributed by atoms with van der Waals surface area (Å²) in [5, 5.41) is 5.85. The first-order valence-electron chi connectivity index (χ1n) is 12.5. The summed E-state index contributed by atoms with van der Waals surface area (Å²) in [4.78, 5) is 42.3. The molecule has 0 heterocycles. The van der Waals surface area contributed by atoms with Gasteiger partial charge in [-0.2, -0.15) is 0 Å². The standard InChI is InChI=1S/C28H47N3O4/c1-13-19(3)21(29-25(34)35-28(10,11)12)24(33)31(27(7,8)9)22(23(32)30-26(4,5)6)20-16-14-15-18(2)17-20/h14-17,19,21-22H,13H2,1-12H3,(H,29,34)(H,30,32). The largest absolute Gasteiger partial charge is 0.444 e. The van der Waals surface area contributed by atoms with E-state index < -0.39 is 34.9 Å². The smallest absolute Gasteiger partial charge is 0.408 e. The van der Waals surface area contributed by atoms with Crippen LogP contribution in [0.15, 0.2) is 24.3 Å². The van der Waals surface area contributed by atoms with E-state index in [4.69, 9.17) is 4.74 Å². The minimum atomic E-state index is -0.881. The first-order valence-corrected chi connectivity index (χ1v) is 12.5. The highest BCUT2D eigenvalue weighted by Gasteiger charge is 2.43. The fourth-order valence-corrected chi connectivity index (χ4v) is 3.81. The topological polar surface area (TPSA) is 87.7 Å². The second kappa shape index (κ2) is 11.4. The molecule has 2 N–H and O–H groups in total. The average molecular weight is 490 g/mol. The second-order valence-corrected chi connectivity index (χ2v) is 12.4. The van der Waals surface area contributed by atoms with E-state index >= 15 is 0 Å². The molecule has 0 radical (unpaired) electrons. The van der Waals surface area contributed by atoms with E-state index in [1.54, 1.807) is 25.7 Å². The Kier molecular flexibility index (Phi) is 9.96. The zero-order valence-corrected chi connectivity index (χ0v) is 23.8. The van der Waals surface area contributed by atoms with E-state index in [1.165, 1.54) is 0 Å². The number of nitrogens with zero attached hydrogens (tertiary/aromatic N) is 1. The Balaban J connectivity index is 3.63. The molecule has 3 amide bonds. The van der Waals surface area contributed by atoms with Crippen LogP contribution in [0, 0.1) is 12.8 Å². The van der Waals surface area contributed by atoms with Gasteiger partial charge in [0.15, 0.2) is 0 Å². The maximum Gasteiger partial charge on any atom is 0.408 e. The van der Waals surface area contributed by atoms with Gasteiger partial charge in [0.1, 0.15) is 17.7 Å². The number of rotatable bonds is 7. The van der Waals surface area contributed by atoms with Crippen LogP contribution in [0.3, 0.4) is 0 Å². The van der Waals surface area contributed by atoms with E-state index in [2.05, 4.69) is 10.6 Å². The van der Waals surface area contributed by atoms with Crippen molar-refractivity contribution in [3.05, 3.63) is 35.4 Å². The number of benzene rings is 1. The number of hydrogen-bond acceptors (Lipinski definition) is 4. The van der Waals surface area contributed by atoms with Gasteiger partial charge in [-0.1, -0.05) is 50.1 Å². The van der Waals surface area contributed by atoms with Gasteiger partial charge in [-0.25, -0.2) is 4.79 Å². The summed E-state index contributed by atoms with van der Waals surface area (Å²) in [6.45, 7) is 22.6. The monoisotopic (exact) mass is 489 g/mol. The molecule has 3 atom stereocenters. The van der Waals surface area contributed by atoms with Gasteiger partial charge in [-0.15, -0.1) is 0 Å². The molecule has 0 aliphatic heterocycles. The molecule has 0 aliphatic rings. The van der Waals surface area contributed by atoms with Gasteiger partial charge in [-0.3, -0.25) is 9.59 Å². The summed E-state index contributed by atoms with van der Waals surface area (Å²) in [5.74, 6) is -0.775. The molecule has 198 valence electrons. The first-order chi connectivity index (χ1) is 15.8. The lowest BCUT2D eigenvalue weighted by atomic mass is 9.91. The summed E-state index contributed by atoms with van der Waals surface area (Å²) < 4.78 is 5.45. The Morgan fingerprint density at radius 1 is 1.00 bits per heavy atom. The quantitative estimate of drug-likeness (QED) is 0.528. The summed E-state index contributed by atoms with van der Waals surface area (Å²) in [6.07, 6.45) is 0.00396. The van der Waals surface area contributed by atoms with Crippen molar-refractivity contribution >= 4 is 17.9 Å². The fourth-order valence-electron chi connectivity index (χ4n) is 3.81. The van der Waals surface area contributed by atoms with Crippen LogP contribution < -0.4 is 10.6 Å². The summed E-state index contributed by atoms with van der Waals surface area (Å²) in [6, 6.07) is 5.90. The molecule has 0 saturated carbocycles. The molecule has 7 nitrogen and oxygen atoms in total. The van der Waals surface area contributed by atoms with Crippen molar-refractivity contribution in [2.75, 3.05) is 0 Å². The Bertz CT molecular complexity index is 891. The number of carbonyl (C=O) groups is 3. The first kappa shape index (κ1) is 30.5. The maximum absolute atomic E-state index is 14.2. The highest BCUT2D eigenvalue weighted by molar-refractivity contribution is 5.93. The van der Waals surface area contributed by atoms with Crippen LogP contribution in [0.4, 0.5) is 4.79 Å². The summed E-state index contributed by atoms with van der Waals surface area (Å²) in [7, 11) is 0. The molecule has 1 rings (SSSR count). The van der Waals surface area contributed by atoms with Crippen LogP contribution in [0.1, 0.15) is 99.8 Å². The highest BCUT2D eigenvalue weighted by atomic mass is 16.6. The molecular formula is C28H47N3O4. The van der Waals surface area contributed by atoms with E-state index in [0.29, 0.717) is 6.42 Å². The van der Waals surface area contributed by atoms with Gasteiger partial charge >= 0.3 is 6.09 Å². The van der Waals surface area contributed by atoms with Crippen molar-refractivity contribution in [2.24, 2.45) is 5.92 Å². The predicted molar refractivity (Wildman–Crippen MR) is 141 cm³/mol. The van der Waals surface area contributed by atoms with Crippen molar-refractivity contribution in [2.45, 2.75) is 118 Å². The highest BCUT2D eigenvalue weighted by Crippen LogP contribution is 2.32. The Morgan fingerprint density at radius 3 is 2.00 bits per heavy atom. The molecule has 35 heavy (non-hydrogen) atoms. The zero-order valence-electron chi connectivity index (χ0n) is 23.8. The molecule has 3 unspecified atom stereocenters. The van der Waals surface area contributed by atoms with Crippen LogP contribution in [-0.4, -0.2) is 45.5 Å². The lowest BCUT2D eigenvalue weighted by Gasteiger charge is -2.44. The third kappa shape index (κ3) is 9.54. The summed E-state index contributed by atoms with van der Waals surface area (Å²) in [5.41, 5.74) is -0.204. The zero-order chi connectivity index (χ0) is 27.4. The van der Waals surface area contributed by atoms with E-state index in [-0.39, 0.29) is 17.7 Å². The minimum absolute atomic E-state index is 0.177. The normalized spacial score (nSPS) is 15.0. The average Bonchev–Trinajstić information content (AvgIpc) is 2.65. The number of aryl methyl sites for hydroxylation is 1. The number of hydrogen-bond donors (Lipinski definition) is 2. The van der Waals surface area contributed by atoms with Crippen molar-refractivity contribution in [1.29, 1.82) is 0 Å². The fraction of sp³-hybridized carbons (Fsp3) is 0.679. The molecular weight excluding hydrogens is 442 g/mol. The number of carbonyl (C=O) groups excluding carboxylic acids is 3. The van der Waals surface area contributed by atoms with Crippen molar-refractivity contribution < 1.29 is 19.1 Å². The molecule has 0 bridgehead atoms. The van der Waals surface area contributed by atoms with Crippen LogP contribution >= 0.6 is 0 Å². The maximum atomic E-state index is 14.2. The van der Waals surface area contributed by atoms with Gasteiger partial charge in [0.2, 0.25) is 11.8 Å². The van der Waals surface area contributed by atoms with Gasteiger partial charge in [0.25, 0.3) is 0 Å². The number of amides is 3. The number of alkyl carbamates (subject to hydrolysis) is 1. The molecule has 0 fully saturated rings. The Morgan fingerprint density at radius 2 is 1.57 bits per heavy atom. The Labute approximate surface area is 212 Å². The molecule has 0 spiro atoms. The van der Waals surface area contributed by atoms with E-state index in [9.17, 15) is 14.4 Å². The lowest BCUT2D eigenvalue weighted by molar-refractivity contribution is -0.150. The van der Waals surface area contributed by atoms with Crippen LogP contribution in [0.5, 0.6) is 0 Å². The minimum Gasteiger partial charge on any atom is -0.444 e. The van der Waals surface area contributed by atoms with E-state index in [1.807, 2.05) is 86.6 Å². The lowest BCUT2D eigenvalue weighted by Crippen LogP contribution is -2.60. The van der Waals surface area contributed by atoms with Gasteiger partial charge in [-0.05, 0) is 80.7 Å². The molecule has 0 aromatic heterocycles. The third-order valence-corrected chi connectivity index (χ3v) is 5.47. The van der Waals surface area contributed by atoms with Gasteiger partial charge in [0, 0.05) is 11.1 Å². The van der Waals surface area contributed by atoms with E-state index in [0.717, 1.165) is 11.1 Å². The van der Waals surface area contributed by atoms with Crippen LogP contribution in [0.2, 0.25) is 0 Å². The Hall–Kier alpha value is -2.57. The van der Waals surface area contributed by atoms with Crippen LogP contribution in [-0.2, 0) is 14.3 Å². The van der Waals surface area contributed by atoms with Crippen molar-refractivity contribution in [3.8, 4) is 0 Å². The van der Waals surface area contributed by atoms with Crippen LogP contribution in [0.25, 0.3) is 0 Å². The number of ether oxygens (including phenoxy) is 1. The van der Waals surface area contributed by atoms with Gasteiger partial charge in [0.05, 0.1) is 0 Å². The molecule has 1 aromatic carbocycles. The number of nitrogens with one attached hydrogen (secondary N) is 2. The molecule has 7 heteroatoms. The van der Waals surface area contributed by atoms with Crippen molar-refractivity contribution in [1.82, 2.24) is 15.5 Å². The molecule has 0 aliphatic carbocycles. The second-order valence-electron chi connectivity index (χ2n) is 12.4.